The molecule has 144 valence electrons. The zero-order valence-electron chi connectivity index (χ0n) is 16.4. The van der Waals surface area contributed by atoms with Crippen molar-refractivity contribution in [1.29, 1.82) is 0 Å². The lowest BCUT2D eigenvalue weighted by Gasteiger charge is -2.43. The lowest BCUT2D eigenvalue weighted by atomic mass is 9.82. The lowest BCUT2D eigenvalue weighted by molar-refractivity contribution is -0.0918. The van der Waals surface area contributed by atoms with E-state index in [4.69, 9.17) is 14.0 Å². The van der Waals surface area contributed by atoms with E-state index in [2.05, 4.69) is 5.10 Å². The second kappa shape index (κ2) is 6.25. The minimum absolute atomic E-state index is 0.245. The highest BCUT2D eigenvalue weighted by Gasteiger charge is 2.52. The normalized spacial score (nSPS) is 26.9. The number of nitrogens with zero attached hydrogens (tertiary/aromatic N) is 3. The van der Waals surface area contributed by atoms with Crippen LogP contribution in [0.2, 0.25) is 0 Å². The number of morpholine rings is 1. The molecule has 1 aromatic rings. The van der Waals surface area contributed by atoms with E-state index in [9.17, 15) is 9.90 Å². The van der Waals surface area contributed by atoms with E-state index in [0.717, 1.165) is 5.46 Å². The topological polar surface area (TPSA) is 86.1 Å². The van der Waals surface area contributed by atoms with Gasteiger partial charge in [0.1, 0.15) is 0 Å². The molecule has 1 aromatic heterocycles. The maximum atomic E-state index is 11.5. The molecule has 1 amide bonds. The fourth-order valence-electron chi connectivity index (χ4n) is 3.14. The SMILES string of the molecule is CC1(C)CO[C@H](Cn2cc(B3OC(C)(C)C(C)(C)O3)cn2)CN1C(=O)O. The molecule has 2 fully saturated rings. The first kappa shape index (κ1) is 19.2. The summed E-state index contributed by atoms with van der Waals surface area (Å²) < 4.78 is 19.7. The van der Waals surface area contributed by atoms with E-state index in [-0.39, 0.29) is 6.10 Å². The standard InChI is InChI=1S/C17H28BN3O5/c1-15(2)11-24-13(10-21(15)14(22)23)9-20-8-12(7-19-20)18-25-16(3,4)17(5,6)26-18/h7-8,13H,9-11H2,1-6H3,(H,22,23)/t13-/m1/s1. The number of aromatic nitrogens is 2. The average molecular weight is 365 g/mol. The molecule has 0 spiro atoms. The Kier molecular flexibility index (Phi) is 4.61. The van der Waals surface area contributed by atoms with Gasteiger partial charge >= 0.3 is 13.2 Å². The van der Waals surface area contributed by atoms with Gasteiger partial charge in [0.05, 0.1) is 42.5 Å². The van der Waals surface area contributed by atoms with Crippen LogP contribution in [0.15, 0.2) is 12.4 Å². The van der Waals surface area contributed by atoms with Gasteiger partial charge in [0, 0.05) is 17.9 Å². The molecule has 8 nitrogen and oxygen atoms in total. The Morgan fingerprint density at radius 3 is 2.46 bits per heavy atom. The van der Waals surface area contributed by atoms with E-state index in [1.165, 1.54) is 4.90 Å². The van der Waals surface area contributed by atoms with Crippen LogP contribution in [0.3, 0.4) is 0 Å². The minimum Gasteiger partial charge on any atom is -0.465 e. The molecular weight excluding hydrogens is 337 g/mol. The Morgan fingerprint density at radius 2 is 1.88 bits per heavy atom. The number of ether oxygens (including phenoxy) is 1. The molecule has 1 N–H and O–H groups in total. The van der Waals surface area contributed by atoms with Crippen LogP contribution in [-0.4, -0.2) is 69.0 Å². The maximum absolute atomic E-state index is 11.5. The van der Waals surface area contributed by atoms with E-state index < -0.39 is 30.0 Å². The van der Waals surface area contributed by atoms with Crippen molar-refractivity contribution in [2.24, 2.45) is 0 Å². The Balaban J connectivity index is 1.66. The van der Waals surface area contributed by atoms with E-state index in [1.54, 1.807) is 10.9 Å². The van der Waals surface area contributed by atoms with Crippen LogP contribution < -0.4 is 5.46 Å². The largest absolute Gasteiger partial charge is 0.498 e. The number of amides is 1. The molecule has 1 atom stereocenters. The number of carbonyl (C=O) groups is 1. The zero-order valence-corrected chi connectivity index (χ0v) is 16.4. The Labute approximate surface area is 154 Å². The van der Waals surface area contributed by atoms with Crippen molar-refractivity contribution in [3.05, 3.63) is 12.4 Å². The molecule has 0 saturated carbocycles. The highest BCUT2D eigenvalue weighted by Crippen LogP contribution is 2.36. The van der Waals surface area contributed by atoms with Crippen LogP contribution in [0.5, 0.6) is 0 Å². The molecule has 0 bridgehead atoms. The third-order valence-corrected chi connectivity index (χ3v) is 5.59. The smallest absolute Gasteiger partial charge is 0.465 e. The molecule has 3 heterocycles. The van der Waals surface area contributed by atoms with Crippen LogP contribution in [0.4, 0.5) is 4.79 Å². The molecular formula is C17H28BN3O5. The van der Waals surface area contributed by atoms with Crippen LogP contribution in [0.1, 0.15) is 41.5 Å². The molecule has 0 aromatic carbocycles. The van der Waals surface area contributed by atoms with Gasteiger partial charge in [-0.25, -0.2) is 4.79 Å². The van der Waals surface area contributed by atoms with Crippen molar-refractivity contribution in [1.82, 2.24) is 14.7 Å². The summed E-state index contributed by atoms with van der Waals surface area (Å²) in [5.41, 5.74) is -0.491. The van der Waals surface area contributed by atoms with E-state index in [1.807, 2.05) is 47.7 Å². The summed E-state index contributed by atoms with van der Waals surface area (Å²) in [6.07, 6.45) is 2.42. The van der Waals surface area contributed by atoms with Gasteiger partial charge in [0.15, 0.2) is 0 Å². The first-order chi connectivity index (χ1) is 11.9. The molecule has 26 heavy (non-hydrogen) atoms. The third-order valence-electron chi connectivity index (χ3n) is 5.59. The minimum atomic E-state index is -0.929. The number of hydrogen-bond acceptors (Lipinski definition) is 5. The van der Waals surface area contributed by atoms with Crippen LogP contribution in [0, 0.1) is 0 Å². The van der Waals surface area contributed by atoms with Crippen molar-refractivity contribution in [2.75, 3.05) is 13.2 Å². The molecule has 0 aliphatic carbocycles. The van der Waals surface area contributed by atoms with Crippen molar-refractivity contribution in [2.45, 2.75) is 70.9 Å². The maximum Gasteiger partial charge on any atom is 0.498 e. The zero-order chi connectivity index (χ0) is 19.3. The summed E-state index contributed by atoms with van der Waals surface area (Å²) in [6, 6.07) is 0. The number of rotatable bonds is 3. The monoisotopic (exact) mass is 365 g/mol. The highest BCUT2D eigenvalue weighted by atomic mass is 16.7. The van der Waals surface area contributed by atoms with Gasteiger partial charge in [-0.1, -0.05) is 0 Å². The van der Waals surface area contributed by atoms with Gasteiger partial charge in [-0.3, -0.25) is 9.58 Å². The van der Waals surface area contributed by atoms with E-state index >= 15 is 0 Å². The Hall–Kier alpha value is -1.58. The predicted molar refractivity (Wildman–Crippen MR) is 96.5 cm³/mol. The van der Waals surface area contributed by atoms with E-state index in [0.29, 0.717) is 19.7 Å². The summed E-state index contributed by atoms with van der Waals surface area (Å²) in [6.45, 7) is 12.9. The lowest BCUT2D eigenvalue weighted by Crippen LogP contribution is -2.58. The summed E-state index contributed by atoms with van der Waals surface area (Å²) in [5.74, 6) is 0. The van der Waals surface area contributed by atoms with Crippen LogP contribution >= 0.6 is 0 Å². The Bertz CT molecular complexity index is 672. The molecule has 9 heteroatoms. The molecule has 2 aliphatic heterocycles. The van der Waals surface area contributed by atoms with Gasteiger partial charge in [0.25, 0.3) is 0 Å². The number of carboxylic acid groups (broad SMARTS) is 1. The summed E-state index contributed by atoms with van der Waals surface area (Å²) in [7, 11) is -0.463. The van der Waals surface area contributed by atoms with Crippen LogP contribution in [0.25, 0.3) is 0 Å². The molecule has 0 radical (unpaired) electrons. The summed E-state index contributed by atoms with van der Waals surface area (Å²) in [5, 5.41) is 13.8. The van der Waals surface area contributed by atoms with Crippen molar-refractivity contribution in [3.8, 4) is 0 Å². The third kappa shape index (κ3) is 3.48. The predicted octanol–water partition coefficient (Wildman–Crippen LogP) is 1.34. The van der Waals surface area contributed by atoms with Crippen molar-refractivity contribution in [3.63, 3.8) is 0 Å². The van der Waals surface area contributed by atoms with Crippen molar-refractivity contribution >= 4 is 18.7 Å². The number of hydrogen-bond donors (Lipinski definition) is 1. The second-order valence-electron chi connectivity index (χ2n) is 8.72. The van der Waals surface area contributed by atoms with Gasteiger partial charge in [-0.05, 0) is 41.5 Å². The quantitative estimate of drug-likeness (QED) is 0.814. The molecule has 3 rings (SSSR count). The fraction of sp³-hybridized carbons (Fsp3) is 0.765. The Morgan fingerprint density at radius 1 is 1.27 bits per heavy atom. The van der Waals surface area contributed by atoms with Gasteiger partial charge < -0.3 is 19.2 Å². The van der Waals surface area contributed by atoms with Crippen LogP contribution in [-0.2, 0) is 20.6 Å². The summed E-state index contributed by atoms with van der Waals surface area (Å²) in [4.78, 5) is 12.9. The molecule has 2 saturated heterocycles. The van der Waals surface area contributed by atoms with Gasteiger partial charge in [-0.2, -0.15) is 5.10 Å². The van der Waals surface area contributed by atoms with Gasteiger partial charge in [-0.15, -0.1) is 0 Å². The highest BCUT2D eigenvalue weighted by molar-refractivity contribution is 6.61. The molecule has 0 unspecified atom stereocenters. The first-order valence-electron chi connectivity index (χ1n) is 8.91. The second-order valence-corrected chi connectivity index (χ2v) is 8.72. The van der Waals surface area contributed by atoms with Crippen molar-refractivity contribution < 1.29 is 23.9 Å². The average Bonchev–Trinajstić information content (AvgIpc) is 3.03. The summed E-state index contributed by atoms with van der Waals surface area (Å²) >= 11 is 0. The molecule has 2 aliphatic rings. The van der Waals surface area contributed by atoms with Gasteiger partial charge in [0.2, 0.25) is 0 Å². The first-order valence-corrected chi connectivity index (χ1v) is 8.91. The fourth-order valence-corrected chi connectivity index (χ4v) is 3.14.